The summed E-state index contributed by atoms with van der Waals surface area (Å²) in [6, 6.07) is 6.50. The fourth-order valence-electron chi connectivity index (χ4n) is 2.58. The van der Waals surface area contributed by atoms with E-state index in [1.165, 1.54) is 0 Å². The first-order valence-electron chi connectivity index (χ1n) is 7.34. The van der Waals surface area contributed by atoms with Gasteiger partial charge in [-0.1, -0.05) is 19.3 Å². The molecule has 5 heteroatoms. The van der Waals surface area contributed by atoms with Crippen LogP contribution in [-0.2, 0) is 0 Å². The molecule has 0 spiro atoms. The van der Waals surface area contributed by atoms with Crippen LogP contribution in [0.4, 0.5) is 0 Å². The first-order valence-corrected chi connectivity index (χ1v) is 7.34. The van der Waals surface area contributed by atoms with Crippen molar-refractivity contribution in [2.45, 2.75) is 43.8 Å². The van der Waals surface area contributed by atoms with Crippen LogP contribution in [0.3, 0.4) is 0 Å². The minimum Gasteiger partial charge on any atom is -0.491 e. The molecule has 0 heterocycles. The molecule has 1 unspecified atom stereocenters. The fourth-order valence-corrected chi connectivity index (χ4v) is 2.58. The van der Waals surface area contributed by atoms with Crippen LogP contribution in [-0.4, -0.2) is 46.0 Å². The number of Topliss-reactive ketones (excluding diaryl/α,β-unsaturated/α-hetero) is 1. The first kappa shape index (κ1) is 15.9. The lowest BCUT2D eigenvalue weighted by molar-refractivity contribution is 0.0116. The highest BCUT2D eigenvalue weighted by atomic mass is 16.5. The molecule has 2 rings (SSSR count). The zero-order valence-electron chi connectivity index (χ0n) is 12.0. The summed E-state index contributed by atoms with van der Waals surface area (Å²) in [5, 5.41) is 28.3. The van der Waals surface area contributed by atoms with E-state index in [1.807, 2.05) is 0 Å². The van der Waals surface area contributed by atoms with Gasteiger partial charge in [-0.25, -0.2) is 0 Å². The molecule has 1 aromatic rings. The number of benzene rings is 1. The van der Waals surface area contributed by atoms with Gasteiger partial charge in [0.05, 0.1) is 6.61 Å². The van der Waals surface area contributed by atoms with E-state index in [-0.39, 0.29) is 19.0 Å². The molecule has 1 aliphatic carbocycles. The molecule has 0 radical (unpaired) electrons. The molecule has 21 heavy (non-hydrogen) atoms. The highest BCUT2D eigenvalue weighted by Gasteiger charge is 2.37. The van der Waals surface area contributed by atoms with Crippen molar-refractivity contribution in [3.63, 3.8) is 0 Å². The number of aliphatic hydroxyl groups is 3. The van der Waals surface area contributed by atoms with Crippen LogP contribution in [0.15, 0.2) is 24.3 Å². The van der Waals surface area contributed by atoms with Crippen molar-refractivity contribution in [2.24, 2.45) is 0 Å². The van der Waals surface area contributed by atoms with Crippen LogP contribution < -0.4 is 4.74 Å². The van der Waals surface area contributed by atoms with Gasteiger partial charge in [-0.2, -0.15) is 0 Å². The molecule has 3 N–H and O–H groups in total. The van der Waals surface area contributed by atoms with Crippen molar-refractivity contribution in [1.29, 1.82) is 0 Å². The molecular weight excluding hydrogens is 272 g/mol. The Hall–Kier alpha value is -1.43. The average molecular weight is 294 g/mol. The second-order valence-corrected chi connectivity index (χ2v) is 5.59. The Kier molecular flexibility index (Phi) is 5.33. The van der Waals surface area contributed by atoms with Crippen molar-refractivity contribution in [3.8, 4) is 5.75 Å². The maximum atomic E-state index is 12.4. The molecule has 1 fully saturated rings. The number of carbonyl (C=O) groups excluding carboxylic acids is 1. The minimum absolute atomic E-state index is 0.00622. The topological polar surface area (TPSA) is 87.0 Å². The van der Waals surface area contributed by atoms with Gasteiger partial charge in [-0.05, 0) is 37.1 Å². The Morgan fingerprint density at radius 1 is 1.19 bits per heavy atom. The minimum atomic E-state index is -1.23. The normalized spacial score (nSPS) is 19.0. The molecule has 0 bridgehead atoms. The van der Waals surface area contributed by atoms with Crippen molar-refractivity contribution in [1.82, 2.24) is 0 Å². The summed E-state index contributed by atoms with van der Waals surface area (Å²) >= 11 is 0. The number of ketones is 1. The summed E-state index contributed by atoms with van der Waals surface area (Å²) in [5.74, 6) is 0.277. The number of rotatable bonds is 6. The van der Waals surface area contributed by atoms with Gasteiger partial charge in [-0.15, -0.1) is 0 Å². The fraction of sp³-hybridized carbons (Fsp3) is 0.562. The van der Waals surface area contributed by atoms with Crippen molar-refractivity contribution >= 4 is 5.78 Å². The maximum absolute atomic E-state index is 12.4. The Balaban J connectivity index is 1.99. The van der Waals surface area contributed by atoms with E-state index in [9.17, 15) is 15.0 Å². The van der Waals surface area contributed by atoms with E-state index in [0.717, 1.165) is 19.3 Å². The number of aliphatic hydroxyl groups excluding tert-OH is 2. The summed E-state index contributed by atoms with van der Waals surface area (Å²) in [5.41, 5.74) is -0.761. The van der Waals surface area contributed by atoms with E-state index >= 15 is 0 Å². The van der Waals surface area contributed by atoms with Crippen LogP contribution in [0.25, 0.3) is 0 Å². The molecule has 116 valence electrons. The quantitative estimate of drug-likeness (QED) is 0.688. The predicted octanol–water partition coefficient (Wildman–Crippen LogP) is 1.30. The summed E-state index contributed by atoms with van der Waals surface area (Å²) in [6.45, 7) is -0.364. The van der Waals surface area contributed by atoms with Crippen molar-refractivity contribution < 1.29 is 24.9 Å². The lowest BCUT2D eigenvalue weighted by atomic mass is 9.79. The first-order chi connectivity index (χ1) is 10.0. The lowest BCUT2D eigenvalue weighted by Crippen LogP contribution is -2.40. The molecular formula is C16H22O5. The third kappa shape index (κ3) is 4.03. The number of carbonyl (C=O) groups is 1. The van der Waals surface area contributed by atoms with Gasteiger partial charge in [0.1, 0.15) is 24.1 Å². The summed E-state index contributed by atoms with van der Waals surface area (Å²) < 4.78 is 5.28. The van der Waals surface area contributed by atoms with Gasteiger partial charge < -0.3 is 20.1 Å². The molecule has 0 saturated heterocycles. The van der Waals surface area contributed by atoms with Crippen LogP contribution in [0.2, 0.25) is 0 Å². The molecule has 5 nitrogen and oxygen atoms in total. The van der Waals surface area contributed by atoms with E-state index in [4.69, 9.17) is 9.84 Å². The molecule has 1 atom stereocenters. The van der Waals surface area contributed by atoms with Crippen LogP contribution in [0.5, 0.6) is 5.75 Å². The van der Waals surface area contributed by atoms with Crippen molar-refractivity contribution in [2.75, 3.05) is 13.2 Å². The summed E-state index contributed by atoms with van der Waals surface area (Å²) in [4.78, 5) is 12.4. The summed E-state index contributed by atoms with van der Waals surface area (Å²) in [7, 11) is 0. The Labute approximate surface area is 124 Å². The number of hydrogen-bond acceptors (Lipinski definition) is 5. The lowest BCUT2D eigenvalue weighted by Gasteiger charge is -2.30. The molecule has 1 aromatic carbocycles. The second-order valence-electron chi connectivity index (χ2n) is 5.59. The van der Waals surface area contributed by atoms with Gasteiger partial charge in [0.15, 0.2) is 5.78 Å². The Bertz CT molecular complexity index is 462. The van der Waals surface area contributed by atoms with Gasteiger partial charge in [0, 0.05) is 5.56 Å². The van der Waals surface area contributed by atoms with Gasteiger partial charge in [0.25, 0.3) is 0 Å². The van der Waals surface area contributed by atoms with Crippen LogP contribution >= 0.6 is 0 Å². The number of ether oxygens (including phenoxy) is 1. The second kappa shape index (κ2) is 7.02. The monoisotopic (exact) mass is 294 g/mol. The van der Waals surface area contributed by atoms with E-state index < -0.39 is 11.7 Å². The van der Waals surface area contributed by atoms with Gasteiger partial charge >= 0.3 is 0 Å². The standard InChI is InChI=1S/C16H22O5/c17-10-13(18)11-21-14-6-4-12(5-7-14)15(19)16(20)8-2-1-3-9-16/h4-7,13,17-18,20H,1-3,8-11H2. The average Bonchev–Trinajstić information content (AvgIpc) is 2.53. The zero-order chi connectivity index (χ0) is 15.3. The summed E-state index contributed by atoms with van der Waals surface area (Å²) in [6.07, 6.45) is 2.94. The molecule has 0 aromatic heterocycles. The van der Waals surface area contributed by atoms with Crippen molar-refractivity contribution in [3.05, 3.63) is 29.8 Å². The van der Waals surface area contributed by atoms with Gasteiger partial charge in [0.2, 0.25) is 0 Å². The Morgan fingerprint density at radius 2 is 1.81 bits per heavy atom. The van der Waals surface area contributed by atoms with Gasteiger partial charge in [-0.3, -0.25) is 4.79 Å². The molecule has 1 aliphatic rings. The molecule has 0 aliphatic heterocycles. The highest BCUT2D eigenvalue weighted by molar-refractivity contribution is 6.02. The predicted molar refractivity (Wildman–Crippen MR) is 77.4 cm³/mol. The third-order valence-electron chi connectivity index (χ3n) is 3.87. The highest BCUT2D eigenvalue weighted by Crippen LogP contribution is 2.31. The number of hydrogen-bond donors (Lipinski definition) is 3. The van der Waals surface area contributed by atoms with Crippen LogP contribution in [0.1, 0.15) is 42.5 Å². The van der Waals surface area contributed by atoms with E-state index in [2.05, 4.69) is 0 Å². The largest absolute Gasteiger partial charge is 0.491 e. The van der Waals surface area contributed by atoms with E-state index in [1.54, 1.807) is 24.3 Å². The zero-order valence-corrected chi connectivity index (χ0v) is 12.0. The Morgan fingerprint density at radius 3 is 2.38 bits per heavy atom. The van der Waals surface area contributed by atoms with Crippen LogP contribution in [0, 0.1) is 0 Å². The smallest absolute Gasteiger partial charge is 0.194 e. The molecule has 0 amide bonds. The third-order valence-corrected chi connectivity index (χ3v) is 3.87. The molecule has 1 saturated carbocycles. The van der Waals surface area contributed by atoms with E-state index in [0.29, 0.717) is 24.2 Å². The SMILES string of the molecule is O=C(c1ccc(OCC(O)CO)cc1)C1(O)CCCCC1. The maximum Gasteiger partial charge on any atom is 0.194 e.